The Labute approximate surface area is 78.9 Å². The van der Waals surface area contributed by atoms with Gasteiger partial charge in [0.05, 0.1) is 6.61 Å². The lowest BCUT2D eigenvalue weighted by Gasteiger charge is -2.07. The van der Waals surface area contributed by atoms with Crippen LogP contribution in [0, 0.1) is 5.92 Å². The van der Waals surface area contributed by atoms with E-state index in [1.807, 2.05) is 13.8 Å². The van der Waals surface area contributed by atoms with Crippen molar-refractivity contribution in [2.75, 3.05) is 13.4 Å². The highest BCUT2D eigenvalue weighted by molar-refractivity contribution is 5.91. The lowest BCUT2D eigenvalue weighted by atomic mass is 10.2. The molecule has 0 aromatic heterocycles. The topological polar surface area (TPSA) is 47.6 Å². The van der Waals surface area contributed by atoms with Gasteiger partial charge >= 0.3 is 0 Å². The van der Waals surface area contributed by atoms with Gasteiger partial charge in [-0.2, -0.15) is 0 Å². The molecule has 4 nitrogen and oxygen atoms in total. The molecule has 0 fully saturated rings. The van der Waals surface area contributed by atoms with E-state index in [9.17, 15) is 4.79 Å². The number of nitrogens with one attached hydrogen (secondary N) is 1. The van der Waals surface area contributed by atoms with E-state index in [0.29, 0.717) is 18.1 Å². The molecule has 13 heavy (non-hydrogen) atoms. The van der Waals surface area contributed by atoms with E-state index < -0.39 is 0 Å². The van der Waals surface area contributed by atoms with E-state index in [-0.39, 0.29) is 12.7 Å². The lowest BCUT2D eigenvalue weighted by molar-refractivity contribution is -0.145. The van der Waals surface area contributed by atoms with Gasteiger partial charge in [-0.15, -0.1) is 0 Å². The summed E-state index contributed by atoms with van der Waals surface area (Å²) in [4.78, 5) is 15.6. The quantitative estimate of drug-likeness (QED) is 0.294. The lowest BCUT2D eigenvalue weighted by Crippen LogP contribution is -2.25. The van der Waals surface area contributed by atoms with Crippen molar-refractivity contribution in [2.45, 2.75) is 20.8 Å². The first-order valence-electron chi connectivity index (χ1n) is 4.19. The molecule has 0 radical (unpaired) electrons. The molecule has 1 amide bonds. The maximum Gasteiger partial charge on any atom is 0.269 e. The summed E-state index contributed by atoms with van der Waals surface area (Å²) >= 11 is 0. The maximum absolute atomic E-state index is 10.8. The van der Waals surface area contributed by atoms with Crippen LogP contribution in [0.1, 0.15) is 20.8 Å². The minimum atomic E-state index is -0.326. The Kier molecular flexibility index (Phi) is 6.18. The number of carbonyl (C=O) groups is 1. The van der Waals surface area contributed by atoms with E-state index in [1.165, 1.54) is 0 Å². The molecular formula is C9H17NO3. The molecule has 0 heterocycles. The average molecular weight is 187 g/mol. The maximum atomic E-state index is 10.8. The van der Waals surface area contributed by atoms with Gasteiger partial charge in [-0.25, -0.2) is 10.3 Å². The smallest absolute Gasteiger partial charge is 0.269 e. The minimum Gasteiger partial charge on any atom is -0.353 e. The van der Waals surface area contributed by atoms with Crippen LogP contribution in [-0.2, 0) is 14.4 Å². The third kappa shape index (κ3) is 7.49. The third-order valence-corrected chi connectivity index (χ3v) is 1.15. The van der Waals surface area contributed by atoms with Crippen LogP contribution in [0.25, 0.3) is 0 Å². The highest BCUT2D eigenvalue weighted by Crippen LogP contribution is 1.91. The number of hydrogen-bond donors (Lipinski definition) is 1. The number of ether oxygens (including phenoxy) is 1. The molecule has 4 heteroatoms. The summed E-state index contributed by atoms with van der Waals surface area (Å²) in [6.45, 7) is 9.80. The van der Waals surface area contributed by atoms with Crippen LogP contribution in [-0.4, -0.2) is 19.3 Å². The Morgan fingerprint density at radius 3 is 2.62 bits per heavy atom. The van der Waals surface area contributed by atoms with Gasteiger partial charge < -0.3 is 4.74 Å². The van der Waals surface area contributed by atoms with Gasteiger partial charge in [0.2, 0.25) is 0 Å². The van der Waals surface area contributed by atoms with Gasteiger partial charge in [0.1, 0.15) is 0 Å². The van der Waals surface area contributed by atoms with Crippen LogP contribution in [0.3, 0.4) is 0 Å². The average Bonchev–Trinajstić information content (AvgIpc) is 2.02. The second kappa shape index (κ2) is 6.62. The van der Waals surface area contributed by atoms with Crippen molar-refractivity contribution in [2.24, 2.45) is 5.92 Å². The van der Waals surface area contributed by atoms with E-state index in [2.05, 4.69) is 12.1 Å². The molecule has 0 aromatic rings. The second-order valence-corrected chi connectivity index (χ2v) is 3.24. The highest BCUT2D eigenvalue weighted by Gasteiger charge is 2.00. The summed E-state index contributed by atoms with van der Waals surface area (Å²) in [6, 6.07) is 0. The third-order valence-electron chi connectivity index (χ3n) is 1.15. The van der Waals surface area contributed by atoms with Crippen molar-refractivity contribution in [1.82, 2.24) is 5.48 Å². The Bertz CT molecular complexity index is 178. The molecule has 0 atom stereocenters. The van der Waals surface area contributed by atoms with Crippen molar-refractivity contribution < 1.29 is 14.4 Å². The number of hydrogen-bond acceptors (Lipinski definition) is 3. The Hall–Kier alpha value is -0.870. The second-order valence-electron chi connectivity index (χ2n) is 3.24. The zero-order valence-corrected chi connectivity index (χ0v) is 8.42. The molecule has 0 aliphatic heterocycles. The largest absolute Gasteiger partial charge is 0.353 e. The monoisotopic (exact) mass is 187 g/mol. The molecule has 76 valence electrons. The van der Waals surface area contributed by atoms with Crippen molar-refractivity contribution in [3.05, 3.63) is 12.2 Å². The number of hydroxylamine groups is 1. The summed E-state index contributed by atoms with van der Waals surface area (Å²) in [5, 5.41) is 0. The van der Waals surface area contributed by atoms with Gasteiger partial charge in [-0.05, 0) is 12.8 Å². The molecule has 0 saturated carbocycles. The summed E-state index contributed by atoms with van der Waals surface area (Å²) in [7, 11) is 0. The Morgan fingerprint density at radius 2 is 2.15 bits per heavy atom. The molecule has 0 spiro atoms. The molecule has 1 N–H and O–H groups in total. The molecule has 0 saturated heterocycles. The standard InChI is InChI=1S/C9H17NO3/c1-7(2)5-12-6-13-10-9(11)8(3)4/h7H,3,5-6H2,1-2,4H3,(H,10,11). The summed E-state index contributed by atoms with van der Waals surface area (Å²) in [5.74, 6) is 0.133. The van der Waals surface area contributed by atoms with Crippen LogP contribution in [0.15, 0.2) is 12.2 Å². The SMILES string of the molecule is C=C(C)C(=O)NOCOCC(C)C. The van der Waals surface area contributed by atoms with Gasteiger partial charge in [-0.1, -0.05) is 20.4 Å². The van der Waals surface area contributed by atoms with Crippen molar-refractivity contribution in [3.63, 3.8) is 0 Å². The fourth-order valence-corrected chi connectivity index (χ4v) is 0.508. The van der Waals surface area contributed by atoms with Crippen LogP contribution in [0.2, 0.25) is 0 Å². The predicted octanol–water partition coefficient (Wildman–Crippen LogP) is 1.24. The molecule has 0 rings (SSSR count). The van der Waals surface area contributed by atoms with Crippen molar-refractivity contribution in [1.29, 1.82) is 0 Å². The minimum absolute atomic E-state index is 0.0667. The van der Waals surface area contributed by atoms with Gasteiger partial charge in [0.25, 0.3) is 5.91 Å². The van der Waals surface area contributed by atoms with E-state index >= 15 is 0 Å². The first-order chi connectivity index (χ1) is 6.04. The van der Waals surface area contributed by atoms with E-state index in [0.717, 1.165) is 0 Å². The Morgan fingerprint density at radius 1 is 1.54 bits per heavy atom. The first kappa shape index (κ1) is 12.1. The first-order valence-corrected chi connectivity index (χ1v) is 4.19. The fraction of sp³-hybridized carbons (Fsp3) is 0.667. The highest BCUT2D eigenvalue weighted by atomic mass is 16.8. The normalized spacial score (nSPS) is 10.2. The molecule has 0 unspecified atom stereocenters. The van der Waals surface area contributed by atoms with Gasteiger partial charge in [0.15, 0.2) is 6.79 Å². The van der Waals surface area contributed by atoms with Crippen molar-refractivity contribution >= 4 is 5.91 Å². The molecular weight excluding hydrogens is 170 g/mol. The Balaban J connectivity index is 3.26. The van der Waals surface area contributed by atoms with Crippen LogP contribution >= 0.6 is 0 Å². The molecule has 0 aliphatic rings. The number of amides is 1. The molecule has 0 aromatic carbocycles. The summed E-state index contributed by atoms with van der Waals surface area (Å²) in [6.07, 6.45) is 0. The van der Waals surface area contributed by atoms with Crippen LogP contribution in [0.4, 0.5) is 0 Å². The fourth-order valence-electron chi connectivity index (χ4n) is 0.508. The summed E-state index contributed by atoms with van der Waals surface area (Å²) < 4.78 is 5.06. The molecule has 0 aliphatic carbocycles. The van der Waals surface area contributed by atoms with Gasteiger partial charge in [-0.3, -0.25) is 4.79 Å². The molecule has 0 bridgehead atoms. The van der Waals surface area contributed by atoms with E-state index in [1.54, 1.807) is 6.92 Å². The van der Waals surface area contributed by atoms with Crippen molar-refractivity contribution in [3.8, 4) is 0 Å². The number of carbonyl (C=O) groups excluding carboxylic acids is 1. The van der Waals surface area contributed by atoms with Crippen LogP contribution in [0.5, 0.6) is 0 Å². The predicted molar refractivity (Wildman–Crippen MR) is 49.7 cm³/mol. The van der Waals surface area contributed by atoms with E-state index in [4.69, 9.17) is 9.57 Å². The summed E-state index contributed by atoms with van der Waals surface area (Å²) in [5.41, 5.74) is 2.60. The van der Waals surface area contributed by atoms with Crippen LogP contribution < -0.4 is 5.48 Å². The zero-order valence-electron chi connectivity index (χ0n) is 8.42. The van der Waals surface area contributed by atoms with Gasteiger partial charge in [0, 0.05) is 5.57 Å². The zero-order chi connectivity index (χ0) is 10.3. The number of rotatable bonds is 6.